The number of benzene rings is 1. The fourth-order valence-corrected chi connectivity index (χ4v) is 2.54. The molecule has 0 amide bonds. The molecule has 1 aliphatic rings. The predicted molar refractivity (Wildman–Crippen MR) is 74.9 cm³/mol. The van der Waals surface area contributed by atoms with Crippen LogP contribution in [0.3, 0.4) is 0 Å². The number of hydrogen-bond donors (Lipinski definition) is 1. The Bertz CT molecular complexity index is 425. The highest BCUT2D eigenvalue weighted by atomic mass is 19.1. The lowest BCUT2D eigenvalue weighted by Gasteiger charge is -2.28. The molecule has 1 aromatic carbocycles. The fourth-order valence-electron chi connectivity index (χ4n) is 2.54. The van der Waals surface area contributed by atoms with E-state index in [0.717, 1.165) is 25.1 Å². The fraction of sp³-hybridized carbons (Fsp3) is 0.600. The first-order valence-electron chi connectivity index (χ1n) is 6.90. The van der Waals surface area contributed by atoms with Gasteiger partial charge in [0.15, 0.2) is 0 Å². The Morgan fingerprint density at radius 3 is 2.89 bits per heavy atom. The first-order chi connectivity index (χ1) is 9.10. The standard InChI is InChI=1S/C15H23FN2O/c1-11-9-18(12(2)6-7-17-11)10-13-4-5-14(19-3)8-15(13)16/h4-5,8,11-12,17H,6-7,9-10H2,1-3H3. The van der Waals surface area contributed by atoms with Gasteiger partial charge in [-0.05, 0) is 32.9 Å². The van der Waals surface area contributed by atoms with Crippen LogP contribution in [0.5, 0.6) is 5.75 Å². The van der Waals surface area contributed by atoms with E-state index in [2.05, 4.69) is 24.1 Å². The highest BCUT2D eigenvalue weighted by Crippen LogP contribution is 2.20. The van der Waals surface area contributed by atoms with Gasteiger partial charge < -0.3 is 10.1 Å². The maximum atomic E-state index is 14.0. The monoisotopic (exact) mass is 266 g/mol. The van der Waals surface area contributed by atoms with Crippen LogP contribution in [0.15, 0.2) is 18.2 Å². The van der Waals surface area contributed by atoms with E-state index in [1.807, 2.05) is 12.1 Å². The Morgan fingerprint density at radius 2 is 2.21 bits per heavy atom. The summed E-state index contributed by atoms with van der Waals surface area (Å²) >= 11 is 0. The number of nitrogens with one attached hydrogen (secondary N) is 1. The van der Waals surface area contributed by atoms with Crippen molar-refractivity contribution in [1.29, 1.82) is 0 Å². The molecule has 2 unspecified atom stereocenters. The Kier molecular flexibility index (Phi) is 4.77. The molecule has 0 aliphatic carbocycles. The highest BCUT2D eigenvalue weighted by Gasteiger charge is 2.21. The molecular weight excluding hydrogens is 243 g/mol. The third-order valence-corrected chi connectivity index (χ3v) is 3.82. The van der Waals surface area contributed by atoms with Crippen molar-refractivity contribution in [3.8, 4) is 5.75 Å². The van der Waals surface area contributed by atoms with Gasteiger partial charge in [-0.1, -0.05) is 6.07 Å². The zero-order valence-electron chi connectivity index (χ0n) is 11.9. The zero-order valence-corrected chi connectivity index (χ0v) is 11.9. The van der Waals surface area contributed by atoms with Crippen molar-refractivity contribution in [2.75, 3.05) is 20.2 Å². The second-order valence-corrected chi connectivity index (χ2v) is 5.38. The molecule has 106 valence electrons. The smallest absolute Gasteiger partial charge is 0.131 e. The average molecular weight is 266 g/mol. The zero-order chi connectivity index (χ0) is 13.8. The van der Waals surface area contributed by atoms with Gasteiger partial charge in [0.2, 0.25) is 0 Å². The van der Waals surface area contributed by atoms with Crippen molar-refractivity contribution in [1.82, 2.24) is 10.2 Å². The summed E-state index contributed by atoms with van der Waals surface area (Å²) in [4.78, 5) is 2.34. The van der Waals surface area contributed by atoms with Gasteiger partial charge in [-0.15, -0.1) is 0 Å². The highest BCUT2D eigenvalue weighted by molar-refractivity contribution is 5.28. The van der Waals surface area contributed by atoms with E-state index in [0.29, 0.717) is 24.4 Å². The average Bonchev–Trinajstić information content (AvgIpc) is 2.54. The summed E-state index contributed by atoms with van der Waals surface area (Å²) in [6, 6.07) is 6.02. The van der Waals surface area contributed by atoms with Gasteiger partial charge in [-0.3, -0.25) is 4.90 Å². The van der Waals surface area contributed by atoms with Crippen LogP contribution in [-0.4, -0.2) is 37.2 Å². The number of ether oxygens (including phenoxy) is 1. The summed E-state index contributed by atoms with van der Waals surface area (Å²) in [6.45, 7) is 7.02. The van der Waals surface area contributed by atoms with E-state index in [-0.39, 0.29) is 5.82 Å². The first-order valence-corrected chi connectivity index (χ1v) is 6.90. The van der Waals surface area contributed by atoms with E-state index in [1.165, 1.54) is 6.07 Å². The van der Waals surface area contributed by atoms with E-state index in [1.54, 1.807) is 7.11 Å². The van der Waals surface area contributed by atoms with E-state index >= 15 is 0 Å². The van der Waals surface area contributed by atoms with Crippen molar-refractivity contribution < 1.29 is 9.13 Å². The van der Waals surface area contributed by atoms with E-state index in [9.17, 15) is 4.39 Å². The lowest BCUT2D eigenvalue weighted by molar-refractivity contribution is 0.196. The van der Waals surface area contributed by atoms with Crippen LogP contribution < -0.4 is 10.1 Å². The number of rotatable bonds is 3. The van der Waals surface area contributed by atoms with Crippen LogP contribution in [0.4, 0.5) is 4.39 Å². The molecule has 19 heavy (non-hydrogen) atoms. The molecule has 4 heteroatoms. The number of nitrogens with zero attached hydrogens (tertiary/aromatic N) is 1. The van der Waals surface area contributed by atoms with Crippen molar-refractivity contribution in [2.45, 2.75) is 38.9 Å². The molecule has 1 aromatic rings. The van der Waals surface area contributed by atoms with Crippen LogP contribution in [0.1, 0.15) is 25.8 Å². The third kappa shape index (κ3) is 3.67. The van der Waals surface area contributed by atoms with Crippen LogP contribution in [-0.2, 0) is 6.54 Å². The molecular formula is C15H23FN2O. The maximum Gasteiger partial charge on any atom is 0.131 e. The molecule has 0 aromatic heterocycles. The molecule has 1 aliphatic heterocycles. The summed E-state index contributed by atoms with van der Waals surface area (Å²) in [6.07, 6.45) is 1.10. The van der Waals surface area contributed by atoms with Gasteiger partial charge in [-0.2, -0.15) is 0 Å². The van der Waals surface area contributed by atoms with Crippen LogP contribution in [0.2, 0.25) is 0 Å². The van der Waals surface area contributed by atoms with Crippen molar-refractivity contribution >= 4 is 0 Å². The SMILES string of the molecule is COc1ccc(CN2CC(C)NCCC2C)c(F)c1. The summed E-state index contributed by atoms with van der Waals surface area (Å²) in [5, 5.41) is 3.47. The summed E-state index contributed by atoms with van der Waals surface area (Å²) in [5.74, 6) is 0.386. The van der Waals surface area contributed by atoms with Crippen LogP contribution >= 0.6 is 0 Å². The second kappa shape index (κ2) is 6.35. The van der Waals surface area contributed by atoms with Crippen molar-refractivity contribution in [3.63, 3.8) is 0 Å². The second-order valence-electron chi connectivity index (χ2n) is 5.38. The van der Waals surface area contributed by atoms with Gasteiger partial charge >= 0.3 is 0 Å². The Labute approximate surface area is 114 Å². The number of methoxy groups -OCH3 is 1. The molecule has 1 saturated heterocycles. The molecule has 0 bridgehead atoms. The molecule has 1 N–H and O–H groups in total. The maximum absolute atomic E-state index is 14.0. The van der Waals surface area contributed by atoms with Gasteiger partial charge in [0, 0.05) is 36.8 Å². The van der Waals surface area contributed by atoms with Crippen LogP contribution in [0, 0.1) is 5.82 Å². The number of hydrogen-bond acceptors (Lipinski definition) is 3. The molecule has 1 fully saturated rings. The quantitative estimate of drug-likeness (QED) is 0.909. The molecule has 3 nitrogen and oxygen atoms in total. The first kappa shape index (κ1) is 14.3. The van der Waals surface area contributed by atoms with Crippen LogP contribution in [0.25, 0.3) is 0 Å². The van der Waals surface area contributed by atoms with Gasteiger partial charge in [-0.25, -0.2) is 4.39 Å². The Morgan fingerprint density at radius 1 is 1.42 bits per heavy atom. The third-order valence-electron chi connectivity index (χ3n) is 3.82. The minimum atomic E-state index is -0.184. The lowest BCUT2D eigenvalue weighted by atomic mass is 10.1. The molecule has 0 radical (unpaired) electrons. The normalized spacial score (nSPS) is 25.1. The lowest BCUT2D eigenvalue weighted by Crippen LogP contribution is -2.38. The number of halogens is 1. The Hall–Kier alpha value is -1.13. The molecule has 2 atom stereocenters. The minimum absolute atomic E-state index is 0.184. The molecule has 1 heterocycles. The summed E-state index contributed by atoms with van der Waals surface area (Å²) < 4.78 is 19.0. The van der Waals surface area contributed by atoms with Gasteiger partial charge in [0.1, 0.15) is 11.6 Å². The van der Waals surface area contributed by atoms with Gasteiger partial charge in [0.05, 0.1) is 7.11 Å². The van der Waals surface area contributed by atoms with E-state index < -0.39 is 0 Å². The van der Waals surface area contributed by atoms with Crippen molar-refractivity contribution in [3.05, 3.63) is 29.6 Å². The van der Waals surface area contributed by atoms with Gasteiger partial charge in [0.25, 0.3) is 0 Å². The molecule has 0 spiro atoms. The largest absolute Gasteiger partial charge is 0.497 e. The topological polar surface area (TPSA) is 24.5 Å². The molecule has 0 saturated carbocycles. The van der Waals surface area contributed by atoms with Crippen molar-refractivity contribution in [2.24, 2.45) is 0 Å². The predicted octanol–water partition coefficient (Wildman–Crippen LogP) is 2.41. The minimum Gasteiger partial charge on any atom is -0.497 e. The van der Waals surface area contributed by atoms with E-state index in [4.69, 9.17) is 4.74 Å². The molecule has 2 rings (SSSR count). The summed E-state index contributed by atoms with van der Waals surface area (Å²) in [7, 11) is 1.55. The summed E-state index contributed by atoms with van der Waals surface area (Å²) in [5.41, 5.74) is 0.738. The Balaban J connectivity index is 2.10.